The van der Waals surface area contributed by atoms with Crippen LogP contribution < -0.4 is 4.90 Å². The van der Waals surface area contributed by atoms with E-state index in [1.54, 1.807) is 0 Å². The lowest BCUT2D eigenvalue weighted by molar-refractivity contribution is 0.137. The summed E-state index contributed by atoms with van der Waals surface area (Å²) in [5.41, 5.74) is 2.58. The number of aliphatic hydroxyl groups excluding tert-OH is 1. The molecule has 1 unspecified atom stereocenters. The minimum atomic E-state index is -0.00690. The van der Waals surface area contributed by atoms with Crippen molar-refractivity contribution in [1.29, 1.82) is 0 Å². The van der Waals surface area contributed by atoms with Crippen LogP contribution in [0.15, 0.2) is 24.3 Å². The van der Waals surface area contributed by atoms with Gasteiger partial charge in [0.2, 0.25) is 0 Å². The van der Waals surface area contributed by atoms with E-state index < -0.39 is 0 Å². The van der Waals surface area contributed by atoms with Crippen LogP contribution in [-0.4, -0.2) is 24.8 Å². The largest absolute Gasteiger partial charge is 0.396 e. The van der Waals surface area contributed by atoms with Crippen molar-refractivity contribution in [1.82, 2.24) is 0 Å². The zero-order valence-corrected chi connectivity index (χ0v) is 12.2. The van der Waals surface area contributed by atoms with E-state index in [4.69, 9.17) is 0 Å². The van der Waals surface area contributed by atoms with E-state index in [0.717, 1.165) is 25.9 Å². The van der Waals surface area contributed by atoms with Gasteiger partial charge in [0.05, 0.1) is 6.61 Å². The summed E-state index contributed by atoms with van der Waals surface area (Å²) in [7, 11) is 0. The Bertz CT molecular complexity index is 364. The third-order valence-electron chi connectivity index (χ3n) is 3.65. The second-order valence-corrected chi connectivity index (χ2v) is 5.52. The number of benzene rings is 1. The van der Waals surface area contributed by atoms with Crippen molar-refractivity contribution in [2.45, 2.75) is 40.5 Å². The standard InChI is InChI=1S/C16H27NO/c1-5-11-16(4,13-18)12-17(6-2)15-10-8-7-9-14(15)3/h7-10,18H,5-6,11-13H2,1-4H3. The zero-order valence-electron chi connectivity index (χ0n) is 12.2. The van der Waals surface area contributed by atoms with Gasteiger partial charge in [0, 0.05) is 24.2 Å². The molecular formula is C16H27NO. The van der Waals surface area contributed by atoms with Crippen LogP contribution in [0.4, 0.5) is 5.69 Å². The van der Waals surface area contributed by atoms with E-state index in [9.17, 15) is 5.11 Å². The quantitative estimate of drug-likeness (QED) is 0.798. The number of anilines is 1. The SMILES string of the molecule is CCCC(C)(CO)CN(CC)c1ccccc1C. The van der Waals surface area contributed by atoms with E-state index in [1.165, 1.54) is 11.3 Å². The summed E-state index contributed by atoms with van der Waals surface area (Å²) in [6.45, 7) is 10.8. The molecule has 0 heterocycles. The number of rotatable bonds is 7. The van der Waals surface area contributed by atoms with Crippen LogP contribution in [0.3, 0.4) is 0 Å². The maximum atomic E-state index is 9.65. The number of para-hydroxylation sites is 1. The van der Waals surface area contributed by atoms with Crippen LogP contribution in [0.2, 0.25) is 0 Å². The topological polar surface area (TPSA) is 23.5 Å². The summed E-state index contributed by atoms with van der Waals surface area (Å²) in [5, 5.41) is 9.65. The molecule has 0 saturated heterocycles. The van der Waals surface area contributed by atoms with Crippen LogP contribution in [0.5, 0.6) is 0 Å². The van der Waals surface area contributed by atoms with E-state index in [0.29, 0.717) is 0 Å². The molecule has 0 saturated carbocycles. The van der Waals surface area contributed by atoms with Gasteiger partial charge in [-0.05, 0) is 31.9 Å². The minimum Gasteiger partial charge on any atom is -0.396 e. The fraction of sp³-hybridized carbons (Fsp3) is 0.625. The van der Waals surface area contributed by atoms with Crippen molar-refractivity contribution in [3.05, 3.63) is 29.8 Å². The number of aryl methyl sites for hydroxylation is 1. The van der Waals surface area contributed by atoms with Crippen molar-refractivity contribution in [3.8, 4) is 0 Å². The Morgan fingerprint density at radius 1 is 1.22 bits per heavy atom. The first-order chi connectivity index (χ1) is 8.56. The monoisotopic (exact) mass is 249 g/mol. The highest BCUT2D eigenvalue weighted by Gasteiger charge is 2.25. The molecule has 0 spiro atoms. The normalized spacial score (nSPS) is 14.3. The fourth-order valence-corrected chi connectivity index (χ4v) is 2.56. The Morgan fingerprint density at radius 3 is 2.39 bits per heavy atom. The first-order valence-corrected chi connectivity index (χ1v) is 6.97. The molecule has 0 aliphatic heterocycles. The highest BCUT2D eigenvalue weighted by atomic mass is 16.3. The highest BCUT2D eigenvalue weighted by molar-refractivity contribution is 5.53. The van der Waals surface area contributed by atoms with Crippen molar-refractivity contribution < 1.29 is 5.11 Å². The number of hydrogen-bond donors (Lipinski definition) is 1. The summed E-state index contributed by atoms with van der Waals surface area (Å²) in [5.74, 6) is 0. The van der Waals surface area contributed by atoms with Crippen LogP contribution in [0, 0.1) is 12.3 Å². The Balaban J connectivity index is 2.88. The van der Waals surface area contributed by atoms with Gasteiger partial charge in [0.25, 0.3) is 0 Å². The molecule has 0 amide bonds. The van der Waals surface area contributed by atoms with E-state index in [2.05, 4.69) is 56.9 Å². The van der Waals surface area contributed by atoms with Gasteiger partial charge >= 0.3 is 0 Å². The maximum absolute atomic E-state index is 9.65. The second kappa shape index (κ2) is 6.79. The van der Waals surface area contributed by atoms with Crippen LogP contribution >= 0.6 is 0 Å². The lowest BCUT2D eigenvalue weighted by Gasteiger charge is -2.35. The van der Waals surface area contributed by atoms with Crippen LogP contribution in [0.25, 0.3) is 0 Å². The smallest absolute Gasteiger partial charge is 0.0501 e. The molecule has 1 atom stereocenters. The lowest BCUT2D eigenvalue weighted by atomic mass is 9.85. The van der Waals surface area contributed by atoms with Crippen molar-refractivity contribution in [2.75, 3.05) is 24.6 Å². The Labute approximate surface area is 112 Å². The molecule has 1 N–H and O–H groups in total. The third kappa shape index (κ3) is 3.74. The molecular weight excluding hydrogens is 222 g/mol. The molecule has 0 aromatic heterocycles. The zero-order chi connectivity index (χ0) is 13.6. The molecule has 102 valence electrons. The molecule has 2 heteroatoms. The summed E-state index contributed by atoms with van der Waals surface area (Å²) in [4.78, 5) is 2.38. The summed E-state index contributed by atoms with van der Waals surface area (Å²) in [6.07, 6.45) is 2.17. The Hall–Kier alpha value is -1.02. The molecule has 0 fully saturated rings. The van der Waals surface area contributed by atoms with E-state index in [1.807, 2.05) is 0 Å². The van der Waals surface area contributed by atoms with Gasteiger partial charge in [-0.15, -0.1) is 0 Å². The number of aliphatic hydroxyl groups is 1. The van der Waals surface area contributed by atoms with Gasteiger partial charge in [-0.1, -0.05) is 38.5 Å². The first kappa shape index (κ1) is 15.0. The third-order valence-corrected chi connectivity index (χ3v) is 3.65. The van der Waals surface area contributed by atoms with Crippen molar-refractivity contribution in [2.24, 2.45) is 5.41 Å². The Morgan fingerprint density at radius 2 is 1.89 bits per heavy atom. The maximum Gasteiger partial charge on any atom is 0.0501 e. The Kier molecular flexibility index (Phi) is 5.67. The second-order valence-electron chi connectivity index (χ2n) is 5.52. The van der Waals surface area contributed by atoms with E-state index in [-0.39, 0.29) is 12.0 Å². The molecule has 18 heavy (non-hydrogen) atoms. The fourth-order valence-electron chi connectivity index (χ4n) is 2.56. The highest BCUT2D eigenvalue weighted by Crippen LogP contribution is 2.28. The average molecular weight is 249 g/mol. The van der Waals surface area contributed by atoms with Gasteiger partial charge in [-0.2, -0.15) is 0 Å². The molecule has 0 aliphatic carbocycles. The summed E-state index contributed by atoms with van der Waals surface area (Å²) in [6, 6.07) is 8.47. The molecule has 0 radical (unpaired) electrons. The van der Waals surface area contributed by atoms with Crippen molar-refractivity contribution >= 4 is 5.69 Å². The van der Waals surface area contributed by atoms with Gasteiger partial charge in [-0.3, -0.25) is 0 Å². The molecule has 1 aromatic rings. The molecule has 1 aromatic carbocycles. The predicted molar refractivity (Wildman–Crippen MR) is 79.2 cm³/mol. The minimum absolute atomic E-state index is 0.00690. The van der Waals surface area contributed by atoms with E-state index >= 15 is 0 Å². The van der Waals surface area contributed by atoms with Crippen LogP contribution in [0.1, 0.15) is 39.2 Å². The molecule has 0 bridgehead atoms. The number of hydrogen-bond acceptors (Lipinski definition) is 2. The first-order valence-electron chi connectivity index (χ1n) is 6.97. The average Bonchev–Trinajstić information content (AvgIpc) is 2.37. The number of nitrogens with zero attached hydrogens (tertiary/aromatic N) is 1. The van der Waals surface area contributed by atoms with Gasteiger partial charge in [0.1, 0.15) is 0 Å². The molecule has 2 nitrogen and oxygen atoms in total. The van der Waals surface area contributed by atoms with Crippen LogP contribution in [-0.2, 0) is 0 Å². The van der Waals surface area contributed by atoms with Gasteiger partial charge in [-0.25, -0.2) is 0 Å². The molecule has 0 aliphatic rings. The summed E-state index contributed by atoms with van der Waals surface area (Å²) >= 11 is 0. The van der Waals surface area contributed by atoms with Gasteiger partial charge in [0.15, 0.2) is 0 Å². The molecule has 1 rings (SSSR count). The van der Waals surface area contributed by atoms with Crippen molar-refractivity contribution in [3.63, 3.8) is 0 Å². The van der Waals surface area contributed by atoms with Gasteiger partial charge < -0.3 is 10.0 Å². The summed E-state index contributed by atoms with van der Waals surface area (Å²) < 4.78 is 0. The lowest BCUT2D eigenvalue weighted by Crippen LogP contribution is -2.38. The predicted octanol–water partition coefficient (Wildman–Crippen LogP) is 3.62.